The van der Waals surface area contributed by atoms with Crippen molar-refractivity contribution in [1.82, 2.24) is 9.80 Å². The first kappa shape index (κ1) is 17.5. The Balaban J connectivity index is 2.11. The van der Waals surface area contributed by atoms with Crippen LogP contribution in [0.25, 0.3) is 0 Å². The number of amides is 2. The molecule has 1 aliphatic rings. The lowest BCUT2D eigenvalue weighted by atomic mass is 9.96. The maximum Gasteiger partial charge on any atom is 0.255 e. The number of rotatable bonds is 5. The summed E-state index contributed by atoms with van der Waals surface area (Å²) in [5, 5.41) is 2.97. The van der Waals surface area contributed by atoms with Gasteiger partial charge in [0, 0.05) is 19.0 Å². The highest BCUT2D eigenvalue weighted by Gasteiger charge is 2.25. The molecule has 1 saturated heterocycles. The van der Waals surface area contributed by atoms with Gasteiger partial charge in [0.15, 0.2) is 0 Å². The first-order chi connectivity index (χ1) is 11.1. The van der Waals surface area contributed by atoms with Crippen molar-refractivity contribution in [2.24, 2.45) is 5.92 Å². The molecule has 0 bridgehead atoms. The summed E-state index contributed by atoms with van der Waals surface area (Å²) < 4.78 is 0. The van der Waals surface area contributed by atoms with Crippen LogP contribution >= 0.6 is 0 Å². The zero-order valence-corrected chi connectivity index (χ0v) is 14.3. The molecular formula is C18H27N3O2. The molecule has 0 saturated carbocycles. The normalized spacial score (nSPS) is 16.1. The fourth-order valence-corrected chi connectivity index (χ4v) is 2.97. The van der Waals surface area contributed by atoms with E-state index in [0.29, 0.717) is 24.3 Å². The van der Waals surface area contributed by atoms with E-state index in [2.05, 4.69) is 17.3 Å². The molecule has 0 radical (unpaired) electrons. The van der Waals surface area contributed by atoms with Gasteiger partial charge >= 0.3 is 0 Å². The Bertz CT molecular complexity index is 547. The third-order valence-corrected chi connectivity index (χ3v) is 4.56. The van der Waals surface area contributed by atoms with Gasteiger partial charge in [0.05, 0.1) is 11.3 Å². The maximum absolute atomic E-state index is 12.6. The number of hydrogen-bond donors (Lipinski definition) is 1. The minimum Gasteiger partial charge on any atom is -0.339 e. The largest absolute Gasteiger partial charge is 0.339 e. The van der Waals surface area contributed by atoms with E-state index >= 15 is 0 Å². The van der Waals surface area contributed by atoms with Crippen LogP contribution in [-0.2, 0) is 4.79 Å². The molecule has 1 aromatic rings. The molecule has 2 rings (SSSR count). The van der Waals surface area contributed by atoms with Crippen LogP contribution in [0.15, 0.2) is 24.3 Å². The van der Waals surface area contributed by atoms with Crippen molar-refractivity contribution in [1.29, 1.82) is 0 Å². The molecule has 126 valence electrons. The summed E-state index contributed by atoms with van der Waals surface area (Å²) in [6.07, 6.45) is 1.74. The highest BCUT2D eigenvalue weighted by molar-refractivity contribution is 6.04. The summed E-state index contributed by atoms with van der Waals surface area (Å²) in [4.78, 5) is 29.1. The van der Waals surface area contributed by atoms with E-state index in [4.69, 9.17) is 0 Å². The summed E-state index contributed by atoms with van der Waals surface area (Å²) in [5.41, 5.74) is 1.19. The lowest BCUT2D eigenvalue weighted by Crippen LogP contribution is -2.36. The fraction of sp³-hybridized carbons (Fsp3) is 0.556. The van der Waals surface area contributed by atoms with E-state index in [-0.39, 0.29) is 17.7 Å². The molecule has 5 heteroatoms. The van der Waals surface area contributed by atoms with E-state index in [1.54, 1.807) is 11.0 Å². The summed E-state index contributed by atoms with van der Waals surface area (Å²) in [7, 11) is 2.08. The maximum atomic E-state index is 12.6. The number of benzene rings is 1. The fourth-order valence-electron chi connectivity index (χ4n) is 2.97. The van der Waals surface area contributed by atoms with Crippen LogP contribution < -0.4 is 5.32 Å². The van der Waals surface area contributed by atoms with Crippen molar-refractivity contribution in [3.63, 3.8) is 0 Å². The number of nitrogens with one attached hydrogen (secondary N) is 1. The predicted octanol–water partition coefficient (Wildman–Crippen LogP) is 2.45. The van der Waals surface area contributed by atoms with Crippen LogP contribution in [0, 0.1) is 5.92 Å². The van der Waals surface area contributed by atoms with Crippen molar-refractivity contribution in [3.8, 4) is 0 Å². The zero-order chi connectivity index (χ0) is 16.8. The van der Waals surface area contributed by atoms with Crippen LogP contribution in [-0.4, -0.2) is 54.8 Å². The Labute approximate surface area is 138 Å². The number of nitrogens with zero attached hydrogens (tertiary/aromatic N) is 2. The molecular weight excluding hydrogens is 290 g/mol. The second-order valence-electron chi connectivity index (χ2n) is 6.09. The Morgan fingerprint density at radius 2 is 1.78 bits per heavy atom. The SMILES string of the molecule is CCN(CC)C(=O)c1ccccc1NC(=O)C1CCN(C)CC1. The molecule has 1 aromatic carbocycles. The van der Waals surface area contributed by atoms with Crippen LogP contribution in [0.3, 0.4) is 0 Å². The van der Waals surface area contributed by atoms with Crippen molar-refractivity contribution >= 4 is 17.5 Å². The number of anilines is 1. The van der Waals surface area contributed by atoms with Gasteiger partial charge < -0.3 is 15.1 Å². The molecule has 0 spiro atoms. The number of piperidine rings is 1. The van der Waals surface area contributed by atoms with Gasteiger partial charge in [-0.1, -0.05) is 12.1 Å². The quantitative estimate of drug-likeness (QED) is 0.907. The second-order valence-corrected chi connectivity index (χ2v) is 6.09. The molecule has 1 aliphatic heterocycles. The van der Waals surface area contributed by atoms with Crippen molar-refractivity contribution in [2.75, 3.05) is 38.5 Å². The van der Waals surface area contributed by atoms with Crippen molar-refractivity contribution < 1.29 is 9.59 Å². The van der Waals surface area contributed by atoms with Gasteiger partial charge in [-0.05, 0) is 59.0 Å². The topological polar surface area (TPSA) is 52.7 Å². The molecule has 0 unspecified atom stereocenters. The minimum absolute atomic E-state index is 0.0258. The van der Waals surface area contributed by atoms with E-state index in [0.717, 1.165) is 25.9 Å². The number of carbonyl (C=O) groups excluding carboxylic acids is 2. The molecule has 23 heavy (non-hydrogen) atoms. The van der Waals surface area contributed by atoms with Gasteiger partial charge in [-0.2, -0.15) is 0 Å². The highest BCUT2D eigenvalue weighted by Crippen LogP contribution is 2.22. The molecule has 0 aliphatic carbocycles. The van der Waals surface area contributed by atoms with Gasteiger partial charge in [-0.25, -0.2) is 0 Å². The monoisotopic (exact) mass is 317 g/mol. The third kappa shape index (κ3) is 4.32. The minimum atomic E-state index is -0.0331. The van der Waals surface area contributed by atoms with E-state index < -0.39 is 0 Å². The molecule has 1 N–H and O–H groups in total. The highest BCUT2D eigenvalue weighted by atomic mass is 16.2. The van der Waals surface area contributed by atoms with Gasteiger partial charge in [0.25, 0.3) is 5.91 Å². The van der Waals surface area contributed by atoms with E-state index in [9.17, 15) is 9.59 Å². The number of hydrogen-bond acceptors (Lipinski definition) is 3. The molecule has 1 heterocycles. The standard InChI is InChI=1S/C18H27N3O2/c1-4-21(5-2)18(23)15-8-6-7-9-16(15)19-17(22)14-10-12-20(3)13-11-14/h6-9,14H,4-5,10-13H2,1-3H3,(H,19,22). The Kier molecular flexibility index (Phi) is 6.16. The van der Waals surface area contributed by atoms with E-state index in [1.807, 2.05) is 32.0 Å². The lowest BCUT2D eigenvalue weighted by Gasteiger charge is -2.28. The number of likely N-dealkylation sites (tertiary alicyclic amines) is 1. The summed E-state index contributed by atoms with van der Waals surface area (Å²) in [6, 6.07) is 7.28. The third-order valence-electron chi connectivity index (χ3n) is 4.56. The van der Waals surface area contributed by atoms with E-state index in [1.165, 1.54) is 0 Å². The lowest BCUT2D eigenvalue weighted by molar-refractivity contribution is -0.121. The van der Waals surface area contributed by atoms with Crippen LogP contribution in [0.1, 0.15) is 37.0 Å². The van der Waals surface area contributed by atoms with Crippen molar-refractivity contribution in [3.05, 3.63) is 29.8 Å². The van der Waals surface area contributed by atoms with Crippen LogP contribution in [0.4, 0.5) is 5.69 Å². The van der Waals surface area contributed by atoms with Gasteiger partial charge in [0.1, 0.15) is 0 Å². The van der Waals surface area contributed by atoms with Crippen LogP contribution in [0.5, 0.6) is 0 Å². The number of para-hydroxylation sites is 1. The smallest absolute Gasteiger partial charge is 0.255 e. The molecule has 5 nitrogen and oxygen atoms in total. The Morgan fingerprint density at radius 3 is 2.39 bits per heavy atom. The zero-order valence-electron chi connectivity index (χ0n) is 14.3. The Hall–Kier alpha value is -1.88. The number of carbonyl (C=O) groups is 2. The van der Waals surface area contributed by atoms with Crippen LogP contribution in [0.2, 0.25) is 0 Å². The predicted molar refractivity (Wildman–Crippen MR) is 92.5 cm³/mol. The molecule has 0 atom stereocenters. The molecule has 1 fully saturated rings. The molecule has 0 aromatic heterocycles. The van der Waals surface area contributed by atoms with Crippen molar-refractivity contribution in [2.45, 2.75) is 26.7 Å². The van der Waals surface area contributed by atoms with Gasteiger partial charge in [-0.3, -0.25) is 9.59 Å². The summed E-state index contributed by atoms with van der Waals surface area (Å²) >= 11 is 0. The average Bonchev–Trinajstić information content (AvgIpc) is 2.57. The Morgan fingerprint density at radius 1 is 1.17 bits per heavy atom. The van der Waals surface area contributed by atoms with Gasteiger partial charge in [-0.15, -0.1) is 0 Å². The first-order valence-electron chi connectivity index (χ1n) is 8.44. The average molecular weight is 317 g/mol. The van der Waals surface area contributed by atoms with Gasteiger partial charge in [0.2, 0.25) is 5.91 Å². The second kappa shape index (κ2) is 8.11. The summed E-state index contributed by atoms with van der Waals surface area (Å²) in [6.45, 7) is 7.12. The molecule has 2 amide bonds. The first-order valence-corrected chi connectivity index (χ1v) is 8.44. The summed E-state index contributed by atoms with van der Waals surface area (Å²) in [5.74, 6) is 0.0231.